The summed E-state index contributed by atoms with van der Waals surface area (Å²) in [5.41, 5.74) is 2.13. The molecule has 1 amide bonds. The van der Waals surface area contributed by atoms with Crippen molar-refractivity contribution in [1.82, 2.24) is 0 Å². The van der Waals surface area contributed by atoms with Gasteiger partial charge in [-0.1, -0.05) is 23.7 Å². The van der Waals surface area contributed by atoms with Crippen molar-refractivity contribution < 1.29 is 19.1 Å². The molecular weight excluding hydrogens is 318 g/mol. The second kappa shape index (κ2) is 7.76. The van der Waals surface area contributed by atoms with E-state index in [-0.39, 0.29) is 16.5 Å². The first-order valence-electron chi connectivity index (χ1n) is 6.82. The number of halogens is 1. The highest BCUT2D eigenvalue weighted by Gasteiger charge is 2.13. The second-order valence-corrected chi connectivity index (χ2v) is 5.18. The number of hydrogen-bond donors (Lipinski definition) is 1. The molecule has 0 saturated heterocycles. The largest absolute Gasteiger partial charge is 0.465 e. The number of methoxy groups -OCH3 is 2. The van der Waals surface area contributed by atoms with Crippen molar-refractivity contribution in [1.29, 1.82) is 0 Å². The number of benzene rings is 2. The Morgan fingerprint density at radius 3 is 2.39 bits per heavy atom. The first-order chi connectivity index (χ1) is 11.0. The normalized spacial score (nSPS) is 10.2. The quantitative estimate of drug-likeness (QED) is 0.850. The summed E-state index contributed by atoms with van der Waals surface area (Å²) >= 11 is 5.95. The molecule has 0 aliphatic rings. The van der Waals surface area contributed by atoms with Gasteiger partial charge in [-0.3, -0.25) is 4.79 Å². The molecule has 0 fully saturated rings. The van der Waals surface area contributed by atoms with Gasteiger partial charge in [-0.05, 0) is 35.9 Å². The number of nitrogens with one attached hydrogen (secondary N) is 1. The predicted molar refractivity (Wildman–Crippen MR) is 87.9 cm³/mol. The van der Waals surface area contributed by atoms with Gasteiger partial charge >= 0.3 is 5.97 Å². The van der Waals surface area contributed by atoms with E-state index in [1.807, 2.05) is 12.1 Å². The molecule has 0 spiro atoms. The van der Waals surface area contributed by atoms with E-state index in [4.69, 9.17) is 16.3 Å². The molecule has 6 heteroatoms. The van der Waals surface area contributed by atoms with E-state index in [0.29, 0.717) is 17.9 Å². The summed E-state index contributed by atoms with van der Waals surface area (Å²) in [5.74, 6) is -0.845. The maximum absolute atomic E-state index is 12.2. The van der Waals surface area contributed by atoms with Crippen LogP contribution < -0.4 is 5.32 Å². The Balaban J connectivity index is 2.15. The van der Waals surface area contributed by atoms with Crippen LogP contribution in [-0.2, 0) is 16.1 Å². The van der Waals surface area contributed by atoms with Crippen LogP contribution in [0.3, 0.4) is 0 Å². The Labute approximate surface area is 139 Å². The summed E-state index contributed by atoms with van der Waals surface area (Å²) in [4.78, 5) is 23.8. The van der Waals surface area contributed by atoms with Crippen molar-refractivity contribution in [3.63, 3.8) is 0 Å². The second-order valence-electron chi connectivity index (χ2n) is 4.77. The fourth-order valence-corrected chi connectivity index (χ4v) is 2.19. The Hall–Kier alpha value is -2.37. The Morgan fingerprint density at radius 2 is 1.78 bits per heavy atom. The molecule has 0 saturated carbocycles. The highest BCUT2D eigenvalue weighted by atomic mass is 35.5. The zero-order valence-corrected chi connectivity index (χ0v) is 13.5. The predicted octanol–water partition coefficient (Wildman–Crippen LogP) is 3.53. The number of esters is 1. The molecule has 5 nitrogen and oxygen atoms in total. The maximum Gasteiger partial charge on any atom is 0.339 e. The van der Waals surface area contributed by atoms with Crippen LogP contribution >= 0.6 is 11.6 Å². The van der Waals surface area contributed by atoms with E-state index >= 15 is 0 Å². The van der Waals surface area contributed by atoms with Crippen molar-refractivity contribution in [3.05, 3.63) is 64.2 Å². The van der Waals surface area contributed by atoms with Crippen molar-refractivity contribution in [2.45, 2.75) is 6.61 Å². The van der Waals surface area contributed by atoms with E-state index < -0.39 is 5.97 Å². The molecule has 0 radical (unpaired) electrons. The van der Waals surface area contributed by atoms with Gasteiger partial charge in [-0.25, -0.2) is 4.79 Å². The number of hydrogen-bond acceptors (Lipinski definition) is 4. The molecule has 1 N–H and O–H groups in total. The summed E-state index contributed by atoms with van der Waals surface area (Å²) in [5, 5.41) is 2.98. The number of amides is 1. The maximum atomic E-state index is 12.2. The Bertz CT molecular complexity index is 713. The van der Waals surface area contributed by atoms with Gasteiger partial charge < -0.3 is 14.8 Å². The highest BCUT2D eigenvalue weighted by Crippen LogP contribution is 2.22. The van der Waals surface area contributed by atoms with Gasteiger partial charge in [0.25, 0.3) is 5.91 Å². The van der Waals surface area contributed by atoms with Crippen molar-refractivity contribution in [2.24, 2.45) is 0 Å². The van der Waals surface area contributed by atoms with Crippen LogP contribution in [0.2, 0.25) is 5.02 Å². The summed E-state index contributed by atoms with van der Waals surface area (Å²) in [6.45, 7) is 0.488. The van der Waals surface area contributed by atoms with Gasteiger partial charge in [0.1, 0.15) is 0 Å². The smallest absolute Gasteiger partial charge is 0.339 e. The monoisotopic (exact) mass is 333 g/mol. The van der Waals surface area contributed by atoms with Gasteiger partial charge in [0.2, 0.25) is 0 Å². The molecule has 0 unspecified atom stereocenters. The fourth-order valence-electron chi connectivity index (χ4n) is 1.99. The highest BCUT2D eigenvalue weighted by molar-refractivity contribution is 6.33. The summed E-state index contributed by atoms with van der Waals surface area (Å²) < 4.78 is 9.67. The van der Waals surface area contributed by atoms with Gasteiger partial charge in [-0.15, -0.1) is 0 Å². The van der Waals surface area contributed by atoms with Gasteiger partial charge in [-0.2, -0.15) is 0 Å². The van der Waals surface area contributed by atoms with Crippen molar-refractivity contribution >= 4 is 29.2 Å². The lowest BCUT2D eigenvalue weighted by molar-refractivity contribution is 0.0600. The van der Waals surface area contributed by atoms with Gasteiger partial charge in [0.05, 0.1) is 24.3 Å². The fraction of sp³-hybridized carbons (Fsp3) is 0.176. The van der Waals surface area contributed by atoms with Crippen molar-refractivity contribution in [2.75, 3.05) is 19.5 Å². The summed E-state index contributed by atoms with van der Waals surface area (Å²) in [6.07, 6.45) is 0. The molecule has 2 aromatic rings. The lowest BCUT2D eigenvalue weighted by Crippen LogP contribution is -2.13. The third-order valence-corrected chi connectivity index (χ3v) is 3.49. The standard InChI is InChI=1S/C17H16ClNO4/c1-22-10-11-3-5-12(6-4-11)16(20)19-13-7-8-15(18)14(9-13)17(21)23-2/h3-9H,10H2,1-2H3,(H,19,20). The van der Waals surface area contributed by atoms with Crippen LogP contribution in [0.25, 0.3) is 0 Å². The summed E-state index contributed by atoms with van der Waals surface area (Å²) in [7, 11) is 2.88. The van der Waals surface area contributed by atoms with E-state index in [1.54, 1.807) is 25.3 Å². The number of carbonyl (C=O) groups is 2. The third kappa shape index (κ3) is 4.31. The van der Waals surface area contributed by atoms with E-state index in [9.17, 15) is 9.59 Å². The van der Waals surface area contributed by atoms with E-state index in [1.165, 1.54) is 19.2 Å². The molecule has 0 aliphatic carbocycles. The topological polar surface area (TPSA) is 64.6 Å². The van der Waals surface area contributed by atoms with Crippen LogP contribution in [-0.4, -0.2) is 26.1 Å². The van der Waals surface area contributed by atoms with E-state index in [0.717, 1.165) is 5.56 Å². The van der Waals surface area contributed by atoms with E-state index in [2.05, 4.69) is 10.1 Å². The molecule has 2 rings (SSSR count). The first kappa shape index (κ1) is 17.0. The van der Waals surface area contributed by atoms with Crippen LogP contribution in [0, 0.1) is 0 Å². The number of carbonyl (C=O) groups excluding carboxylic acids is 2. The van der Waals surface area contributed by atoms with Crippen molar-refractivity contribution in [3.8, 4) is 0 Å². The number of rotatable bonds is 5. The molecule has 0 aliphatic heterocycles. The number of anilines is 1. The third-order valence-electron chi connectivity index (χ3n) is 3.16. The van der Waals surface area contributed by atoms with Gasteiger partial charge in [0, 0.05) is 18.4 Å². The lowest BCUT2D eigenvalue weighted by atomic mass is 10.1. The van der Waals surface area contributed by atoms with Crippen LogP contribution in [0.1, 0.15) is 26.3 Å². The van der Waals surface area contributed by atoms with Gasteiger partial charge in [0.15, 0.2) is 0 Å². The van der Waals surface area contributed by atoms with Crippen LogP contribution in [0.4, 0.5) is 5.69 Å². The van der Waals surface area contributed by atoms with Crippen LogP contribution in [0.5, 0.6) is 0 Å². The Morgan fingerprint density at radius 1 is 1.09 bits per heavy atom. The average Bonchev–Trinajstić information content (AvgIpc) is 2.56. The molecule has 23 heavy (non-hydrogen) atoms. The number of ether oxygens (including phenoxy) is 2. The first-order valence-corrected chi connectivity index (χ1v) is 7.20. The molecule has 2 aromatic carbocycles. The SMILES string of the molecule is COCc1ccc(C(=O)Nc2ccc(Cl)c(C(=O)OC)c2)cc1. The lowest BCUT2D eigenvalue weighted by Gasteiger charge is -2.09. The minimum absolute atomic E-state index is 0.197. The van der Waals surface area contributed by atoms with Crippen LogP contribution in [0.15, 0.2) is 42.5 Å². The minimum atomic E-state index is -0.560. The molecular formula is C17H16ClNO4. The summed E-state index contributed by atoms with van der Waals surface area (Å²) in [6, 6.07) is 11.7. The molecule has 0 bridgehead atoms. The molecule has 120 valence electrons. The molecule has 0 heterocycles. The zero-order chi connectivity index (χ0) is 16.8. The minimum Gasteiger partial charge on any atom is -0.465 e. The Kier molecular flexibility index (Phi) is 5.73. The zero-order valence-electron chi connectivity index (χ0n) is 12.8. The molecule has 0 aromatic heterocycles. The average molecular weight is 334 g/mol. The molecule has 0 atom stereocenters.